The van der Waals surface area contributed by atoms with Crippen LogP contribution in [0.2, 0.25) is 0 Å². The third-order valence-electron chi connectivity index (χ3n) is 5.40. The molecule has 0 aliphatic carbocycles. The minimum Gasteiger partial charge on any atom is -0.332 e. The number of para-hydroxylation sites is 2. The van der Waals surface area contributed by atoms with Crippen LogP contribution in [-0.4, -0.2) is 11.0 Å². The summed E-state index contributed by atoms with van der Waals surface area (Å²) in [7, 11) is 0. The van der Waals surface area contributed by atoms with Crippen LogP contribution in [0.3, 0.4) is 0 Å². The molecule has 0 aromatic heterocycles. The van der Waals surface area contributed by atoms with Crippen LogP contribution >= 0.6 is 24.0 Å². The molecule has 35 heavy (non-hydrogen) atoms. The summed E-state index contributed by atoms with van der Waals surface area (Å²) < 4.78 is 0. The first-order valence-electron chi connectivity index (χ1n) is 11.3. The maximum Gasteiger partial charge on any atom is 0.242 e. The molecule has 0 aliphatic heterocycles. The van der Waals surface area contributed by atoms with E-state index in [4.69, 9.17) is 12.2 Å². The quantitative estimate of drug-likeness (QED) is 0.181. The first-order chi connectivity index (χ1) is 17.0. The van der Waals surface area contributed by atoms with Crippen molar-refractivity contribution in [2.75, 3.05) is 16.0 Å². The van der Waals surface area contributed by atoms with Gasteiger partial charge in [0.2, 0.25) is 5.91 Å². The Bertz CT molecular complexity index is 1310. The van der Waals surface area contributed by atoms with Crippen LogP contribution in [0.5, 0.6) is 0 Å². The number of aryl methyl sites for hydroxylation is 2. The van der Waals surface area contributed by atoms with E-state index in [1.807, 2.05) is 117 Å². The van der Waals surface area contributed by atoms with Crippen LogP contribution in [0.25, 0.3) is 0 Å². The second-order valence-corrected chi connectivity index (χ2v) is 9.71. The van der Waals surface area contributed by atoms with Gasteiger partial charge in [-0.2, -0.15) is 0 Å². The van der Waals surface area contributed by atoms with Gasteiger partial charge in [0.15, 0.2) is 5.11 Å². The van der Waals surface area contributed by atoms with Crippen molar-refractivity contribution in [2.24, 2.45) is 0 Å². The summed E-state index contributed by atoms with van der Waals surface area (Å²) in [5.74, 6) is -0.0744. The number of anilines is 3. The lowest BCUT2D eigenvalue weighted by molar-refractivity contribution is -0.115. The van der Waals surface area contributed by atoms with Crippen LogP contribution in [0.1, 0.15) is 21.9 Å². The minimum absolute atomic E-state index is 0.0744. The Morgan fingerprint density at radius 1 is 0.743 bits per heavy atom. The van der Waals surface area contributed by atoms with Crippen LogP contribution in [-0.2, 0) is 4.79 Å². The van der Waals surface area contributed by atoms with Gasteiger partial charge in [-0.3, -0.25) is 4.79 Å². The Balaban J connectivity index is 1.57. The van der Waals surface area contributed by atoms with Crippen LogP contribution < -0.4 is 16.0 Å². The molecule has 1 atom stereocenters. The summed E-state index contributed by atoms with van der Waals surface area (Å²) in [5.41, 5.74) is 5.64. The van der Waals surface area contributed by atoms with E-state index in [2.05, 4.69) is 16.0 Å². The maximum absolute atomic E-state index is 13.6. The predicted molar refractivity (Wildman–Crippen MR) is 152 cm³/mol. The van der Waals surface area contributed by atoms with Crippen molar-refractivity contribution in [3.63, 3.8) is 0 Å². The predicted octanol–water partition coefficient (Wildman–Crippen LogP) is 7.58. The average Bonchev–Trinajstić information content (AvgIpc) is 2.86. The zero-order valence-corrected chi connectivity index (χ0v) is 21.3. The van der Waals surface area contributed by atoms with Gasteiger partial charge in [-0.15, -0.1) is 11.8 Å². The molecule has 1 unspecified atom stereocenters. The minimum atomic E-state index is -0.449. The lowest BCUT2D eigenvalue weighted by Gasteiger charge is -2.20. The van der Waals surface area contributed by atoms with Gasteiger partial charge in [-0.1, -0.05) is 72.8 Å². The van der Waals surface area contributed by atoms with Gasteiger partial charge in [-0.05, 0) is 73.1 Å². The largest absolute Gasteiger partial charge is 0.332 e. The Kier molecular flexibility index (Phi) is 8.19. The number of benzene rings is 4. The van der Waals surface area contributed by atoms with E-state index >= 15 is 0 Å². The molecule has 0 bridgehead atoms. The van der Waals surface area contributed by atoms with Gasteiger partial charge in [0.25, 0.3) is 0 Å². The third-order valence-corrected chi connectivity index (χ3v) is 6.94. The zero-order chi connectivity index (χ0) is 24.6. The smallest absolute Gasteiger partial charge is 0.242 e. The Labute approximate surface area is 216 Å². The van der Waals surface area contributed by atoms with E-state index in [-0.39, 0.29) is 5.91 Å². The Morgan fingerprint density at radius 2 is 1.40 bits per heavy atom. The number of thioether (sulfide) groups is 1. The van der Waals surface area contributed by atoms with Crippen molar-refractivity contribution >= 4 is 52.1 Å². The summed E-state index contributed by atoms with van der Waals surface area (Å²) in [6.45, 7) is 4.02. The number of amides is 1. The number of carbonyl (C=O) groups excluding carboxylic acids is 1. The maximum atomic E-state index is 13.6. The molecular weight excluding hydrogens is 470 g/mol. The molecule has 176 valence electrons. The number of nitrogens with one attached hydrogen (secondary N) is 3. The fourth-order valence-electron chi connectivity index (χ4n) is 3.58. The van der Waals surface area contributed by atoms with Crippen molar-refractivity contribution in [1.82, 2.24) is 0 Å². The van der Waals surface area contributed by atoms with Gasteiger partial charge < -0.3 is 16.0 Å². The molecular formula is C29H27N3OS2. The molecule has 4 rings (SSSR count). The number of rotatable bonds is 7. The Morgan fingerprint density at radius 3 is 2.14 bits per heavy atom. The molecule has 0 aliphatic rings. The van der Waals surface area contributed by atoms with E-state index in [0.29, 0.717) is 5.11 Å². The molecule has 0 radical (unpaired) electrons. The fourth-order valence-corrected chi connectivity index (χ4v) is 4.92. The number of hydrogen-bond donors (Lipinski definition) is 3. The molecule has 3 N–H and O–H groups in total. The van der Waals surface area contributed by atoms with E-state index in [0.717, 1.165) is 38.6 Å². The fraction of sp³-hybridized carbons (Fsp3) is 0.103. The molecule has 4 nitrogen and oxygen atoms in total. The monoisotopic (exact) mass is 497 g/mol. The zero-order valence-electron chi connectivity index (χ0n) is 19.6. The number of hydrogen-bond acceptors (Lipinski definition) is 3. The first kappa shape index (κ1) is 24.5. The van der Waals surface area contributed by atoms with Crippen molar-refractivity contribution in [3.05, 3.63) is 120 Å². The van der Waals surface area contributed by atoms with Gasteiger partial charge in [0.05, 0.1) is 5.69 Å². The van der Waals surface area contributed by atoms with Crippen LogP contribution in [0, 0.1) is 13.8 Å². The second-order valence-electron chi connectivity index (χ2n) is 8.16. The molecule has 1 amide bonds. The van der Waals surface area contributed by atoms with Crippen molar-refractivity contribution in [1.29, 1.82) is 0 Å². The standard InChI is InChI=1S/C29H27N3OS2/c1-20-17-18-21(2)25(19-20)31-28(33)27(22-11-5-3-6-12-22)35-26-16-10-9-15-24(26)32-29(34)30-23-13-7-4-8-14-23/h3-19,27H,1-2H3,(H,31,33)(H2,30,32,34). The van der Waals surface area contributed by atoms with Crippen molar-refractivity contribution < 1.29 is 4.79 Å². The van der Waals surface area contributed by atoms with E-state index < -0.39 is 5.25 Å². The number of carbonyl (C=O) groups is 1. The lowest BCUT2D eigenvalue weighted by Crippen LogP contribution is -2.21. The summed E-state index contributed by atoms with van der Waals surface area (Å²) in [6.07, 6.45) is 0. The molecule has 0 saturated heterocycles. The van der Waals surface area contributed by atoms with Crippen LogP contribution in [0.4, 0.5) is 17.1 Å². The van der Waals surface area contributed by atoms with Crippen molar-refractivity contribution in [3.8, 4) is 0 Å². The van der Waals surface area contributed by atoms with Crippen molar-refractivity contribution in [2.45, 2.75) is 24.0 Å². The highest BCUT2D eigenvalue weighted by atomic mass is 32.2. The Hall–Kier alpha value is -3.61. The normalized spacial score (nSPS) is 11.4. The van der Waals surface area contributed by atoms with Gasteiger partial charge in [-0.25, -0.2) is 0 Å². The topological polar surface area (TPSA) is 53.2 Å². The molecule has 4 aromatic rings. The number of thiocarbonyl (C=S) groups is 1. The SMILES string of the molecule is Cc1ccc(C)c(NC(=O)C(Sc2ccccc2NC(=S)Nc2ccccc2)c2ccccc2)c1. The third kappa shape index (κ3) is 6.72. The highest BCUT2D eigenvalue weighted by Gasteiger charge is 2.24. The summed E-state index contributed by atoms with van der Waals surface area (Å²) in [5, 5.41) is 9.67. The highest BCUT2D eigenvalue weighted by molar-refractivity contribution is 8.00. The highest BCUT2D eigenvalue weighted by Crippen LogP contribution is 2.40. The first-order valence-corrected chi connectivity index (χ1v) is 12.6. The molecule has 0 heterocycles. The van der Waals surface area contributed by atoms with E-state index in [9.17, 15) is 4.79 Å². The molecule has 0 fully saturated rings. The van der Waals surface area contributed by atoms with E-state index in [1.165, 1.54) is 11.8 Å². The van der Waals surface area contributed by atoms with E-state index in [1.54, 1.807) is 0 Å². The second kappa shape index (κ2) is 11.7. The summed E-state index contributed by atoms with van der Waals surface area (Å²) in [6, 6.07) is 33.6. The van der Waals surface area contributed by atoms with Gasteiger partial charge in [0, 0.05) is 16.3 Å². The molecule has 0 spiro atoms. The average molecular weight is 498 g/mol. The molecule has 4 aromatic carbocycles. The molecule has 0 saturated carbocycles. The van der Waals surface area contributed by atoms with Gasteiger partial charge >= 0.3 is 0 Å². The summed E-state index contributed by atoms with van der Waals surface area (Å²) >= 11 is 7.03. The van der Waals surface area contributed by atoms with Crippen LogP contribution in [0.15, 0.2) is 108 Å². The molecule has 6 heteroatoms. The lowest BCUT2D eigenvalue weighted by atomic mass is 10.1. The van der Waals surface area contributed by atoms with Gasteiger partial charge in [0.1, 0.15) is 5.25 Å². The summed E-state index contributed by atoms with van der Waals surface area (Å²) in [4.78, 5) is 14.5.